The molecule has 0 radical (unpaired) electrons. The van der Waals surface area contributed by atoms with E-state index in [1.807, 2.05) is 6.07 Å². The van der Waals surface area contributed by atoms with Crippen molar-refractivity contribution in [2.45, 2.75) is 50.5 Å². The van der Waals surface area contributed by atoms with Gasteiger partial charge in [-0.3, -0.25) is 0 Å². The van der Waals surface area contributed by atoms with Crippen molar-refractivity contribution in [2.75, 3.05) is 6.61 Å². The second kappa shape index (κ2) is 5.61. The number of aliphatic hydroxyl groups excluding tert-OH is 1. The van der Waals surface area contributed by atoms with Crippen LogP contribution in [0.1, 0.15) is 43.0 Å². The molecule has 0 amide bonds. The van der Waals surface area contributed by atoms with Crippen LogP contribution in [0.5, 0.6) is 0 Å². The highest BCUT2D eigenvalue weighted by Crippen LogP contribution is 2.36. The number of nitrogens with zero attached hydrogens (tertiary/aromatic N) is 4. The molecule has 2 rings (SSSR count). The molecule has 1 aromatic heterocycles. The minimum absolute atomic E-state index is 0.0799. The first-order valence-corrected chi connectivity index (χ1v) is 6.35. The SMILES string of the molecule is N#CCc1nnn(CC(F)(F)CO)c1C1CCCC1. The molecular formula is C12H16F2N4O. The minimum Gasteiger partial charge on any atom is -0.390 e. The molecule has 0 spiro atoms. The molecule has 0 unspecified atom stereocenters. The number of rotatable bonds is 5. The molecule has 7 heteroatoms. The van der Waals surface area contributed by atoms with Crippen LogP contribution in [-0.2, 0) is 13.0 Å². The number of nitriles is 1. The maximum absolute atomic E-state index is 13.3. The van der Waals surface area contributed by atoms with Crippen LogP contribution >= 0.6 is 0 Å². The van der Waals surface area contributed by atoms with Gasteiger partial charge in [0.1, 0.15) is 18.8 Å². The van der Waals surface area contributed by atoms with Gasteiger partial charge >= 0.3 is 0 Å². The van der Waals surface area contributed by atoms with Crippen LogP contribution in [0.4, 0.5) is 8.78 Å². The van der Waals surface area contributed by atoms with Crippen molar-refractivity contribution < 1.29 is 13.9 Å². The van der Waals surface area contributed by atoms with E-state index in [0.717, 1.165) is 25.7 Å². The van der Waals surface area contributed by atoms with Gasteiger partial charge in [-0.25, -0.2) is 13.5 Å². The van der Waals surface area contributed by atoms with E-state index in [-0.39, 0.29) is 12.3 Å². The lowest BCUT2D eigenvalue weighted by molar-refractivity contribution is -0.0662. The van der Waals surface area contributed by atoms with Gasteiger partial charge in [0.15, 0.2) is 0 Å². The van der Waals surface area contributed by atoms with Gasteiger partial charge in [-0.2, -0.15) is 5.26 Å². The molecule has 0 aliphatic heterocycles. The Kier molecular flexibility index (Phi) is 4.10. The first kappa shape index (κ1) is 13.9. The molecule has 1 aliphatic rings. The van der Waals surface area contributed by atoms with Crippen molar-refractivity contribution in [3.63, 3.8) is 0 Å². The van der Waals surface area contributed by atoms with Gasteiger partial charge in [-0.15, -0.1) is 5.10 Å². The lowest BCUT2D eigenvalue weighted by Gasteiger charge is -2.17. The normalized spacial score (nSPS) is 16.7. The largest absolute Gasteiger partial charge is 0.390 e. The van der Waals surface area contributed by atoms with E-state index in [9.17, 15) is 8.78 Å². The molecule has 1 fully saturated rings. The zero-order valence-electron chi connectivity index (χ0n) is 10.5. The van der Waals surface area contributed by atoms with E-state index in [2.05, 4.69) is 10.3 Å². The monoisotopic (exact) mass is 270 g/mol. The Bertz CT molecular complexity index is 475. The molecular weight excluding hydrogens is 254 g/mol. The molecule has 1 saturated carbocycles. The first-order chi connectivity index (χ1) is 9.07. The fraction of sp³-hybridized carbons (Fsp3) is 0.750. The predicted molar refractivity (Wildman–Crippen MR) is 62.6 cm³/mol. The van der Waals surface area contributed by atoms with Gasteiger partial charge in [-0.05, 0) is 12.8 Å². The van der Waals surface area contributed by atoms with Crippen LogP contribution in [0, 0.1) is 11.3 Å². The van der Waals surface area contributed by atoms with Crippen LogP contribution in [-0.4, -0.2) is 32.6 Å². The second-order valence-electron chi connectivity index (χ2n) is 4.91. The van der Waals surface area contributed by atoms with Crippen LogP contribution in [0.25, 0.3) is 0 Å². The van der Waals surface area contributed by atoms with Crippen LogP contribution in [0.2, 0.25) is 0 Å². The molecule has 104 valence electrons. The Morgan fingerprint density at radius 2 is 2.11 bits per heavy atom. The number of aromatic nitrogens is 3. The van der Waals surface area contributed by atoms with Crippen molar-refractivity contribution in [3.8, 4) is 6.07 Å². The zero-order valence-corrected chi connectivity index (χ0v) is 10.5. The van der Waals surface area contributed by atoms with Crippen molar-refractivity contribution in [3.05, 3.63) is 11.4 Å². The first-order valence-electron chi connectivity index (χ1n) is 6.35. The molecule has 5 nitrogen and oxygen atoms in total. The summed E-state index contributed by atoms with van der Waals surface area (Å²) in [5.41, 5.74) is 1.13. The highest BCUT2D eigenvalue weighted by atomic mass is 19.3. The van der Waals surface area contributed by atoms with Crippen molar-refractivity contribution in [2.24, 2.45) is 0 Å². The lowest BCUT2D eigenvalue weighted by atomic mass is 10.0. The topological polar surface area (TPSA) is 74.7 Å². The van der Waals surface area contributed by atoms with E-state index < -0.39 is 19.1 Å². The van der Waals surface area contributed by atoms with E-state index in [4.69, 9.17) is 10.4 Å². The van der Waals surface area contributed by atoms with Crippen molar-refractivity contribution >= 4 is 0 Å². The summed E-state index contributed by atoms with van der Waals surface area (Å²) in [5.74, 6) is -3.07. The molecule has 19 heavy (non-hydrogen) atoms. The van der Waals surface area contributed by atoms with E-state index in [1.165, 1.54) is 4.68 Å². The summed E-state index contributed by atoms with van der Waals surface area (Å²) in [6, 6.07) is 1.99. The average Bonchev–Trinajstić information content (AvgIpc) is 2.99. The summed E-state index contributed by atoms with van der Waals surface area (Å²) in [7, 11) is 0. The maximum atomic E-state index is 13.3. The Hall–Kier alpha value is -1.55. The third-order valence-corrected chi connectivity index (χ3v) is 3.45. The standard InChI is InChI=1S/C12H16F2N4O/c13-12(14,8-19)7-18-11(9-3-1-2-4-9)10(5-6-15)16-17-18/h9,19H,1-5,7-8H2. The van der Waals surface area contributed by atoms with E-state index >= 15 is 0 Å². The Balaban J connectivity index is 2.30. The molecule has 1 aromatic rings. The van der Waals surface area contributed by atoms with Crippen LogP contribution < -0.4 is 0 Å². The Morgan fingerprint density at radius 1 is 1.42 bits per heavy atom. The summed E-state index contributed by atoms with van der Waals surface area (Å²) in [5, 5.41) is 25.0. The quantitative estimate of drug-likeness (QED) is 0.882. The molecule has 1 N–H and O–H groups in total. The highest BCUT2D eigenvalue weighted by molar-refractivity contribution is 5.20. The van der Waals surface area contributed by atoms with E-state index in [1.54, 1.807) is 0 Å². The fourth-order valence-electron chi connectivity index (χ4n) is 2.59. The number of alkyl halides is 2. The van der Waals surface area contributed by atoms with Gasteiger partial charge in [0.05, 0.1) is 18.2 Å². The molecule has 0 aromatic carbocycles. The number of aliphatic hydroxyl groups is 1. The highest BCUT2D eigenvalue weighted by Gasteiger charge is 2.33. The third-order valence-electron chi connectivity index (χ3n) is 3.45. The second-order valence-corrected chi connectivity index (χ2v) is 4.91. The lowest BCUT2D eigenvalue weighted by Crippen LogP contribution is -2.30. The van der Waals surface area contributed by atoms with Crippen LogP contribution in [0.15, 0.2) is 0 Å². The summed E-state index contributed by atoms with van der Waals surface area (Å²) in [6.45, 7) is -1.90. The zero-order chi connectivity index (χ0) is 13.9. The average molecular weight is 270 g/mol. The Morgan fingerprint density at radius 3 is 2.68 bits per heavy atom. The van der Waals surface area contributed by atoms with Crippen LogP contribution in [0.3, 0.4) is 0 Å². The number of halogens is 2. The summed E-state index contributed by atoms with van der Waals surface area (Å²) in [4.78, 5) is 0. The van der Waals surface area contributed by atoms with Gasteiger partial charge in [-0.1, -0.05) is 18.1 Å². The molecule has 0 bridgehead atoms. The van der Waals surface area contributed by atoms with Gasteiger partial charge in [0, 0.05) is 5.92 Å². The molecule has 0 atom stereocenters. The van der Waals surface area contributed by atoms with Crippen molar-refractivity contribution in [1.82, 2.24) is 15.0 Å². The molecule has 1 heterocycles. The summed E-state index contributed by atoms with van der Waals surface area (Å²) < 4.78 is 27.8. The Labute approximate surface area is 109 Å². The smallest absolute Gasteiger partial charge is 0.289 e. The van der Waals surface area contributed by atoms with Gasteiger partial charge in [0.2, 0.25) is 0 Å². The summed E-state index contributed by atoms with van der Waals surface area (Å²) in [6.07, 6.45) is 4.01. The van der Waals surface area contributed by atoms with Gasteiger partial charge < -0.3 is 5.11 Å². The maximum Gasteiger partial charge on any atom is 0.289 e. The molecule has 1 aliphatic carbocycles. The predicted octanol–water partition coefficient (Wildman–Crippen LogP) is 1.63. The third kappa shape index (κ3) is 3.07. The summed E-state index contributed by atoms with van der Waals surface area (Å²) >= 11 is 0. The fourth-order valence-corrected chi connectivity index (χ4v) is 2.59. The minimum atomic E-state index is -3.22. The number of hydrogen-bond acceptors (Lipinski definition) is 4. The number of hydrogen-bond donors (Lipinski definition) is 1. The van der Waals surface area contributed by atoms with Crippen molar-refractivity contribution in [1.29, 1.82) is 5.26 Å². The molecule has 0 saturated heterocycles. The van der Waals surface area contributed by atoms with Gasteiger partial charge in [0.25, 0.3) is 5.92 Å². The van der Waals surface area contributed by atoms with E-state index in [0.29, 0.717) is 11.4 Å².